The van der Waals surface area contributed by atoms with Crippen molar-refractivity contribution in [3.8, 4) is 11.5 Å². The monoisotopic (exact) mass is 467 g/mol. The molecule has 0 unspecified atom stereocenters. The number of nitrogens with zero attached hydrogens (tertiary/aromatic N) is 3. The van der Waals surface area contributed by atoms with Gasteiger partial charge in [0.1, 0.15) is 5.82 Å². The second kappa shape index (κ2) is 11.3. The van der Waals surface area contributed by atoms with Crippen LogP contribution < -0.4 is 20.1 Å². The summed E-state index contributed by atoms with van der Waals surface area (Å²) in [4.78, 5) is 17.7. The predicted molar refractivity (Wildman–Crippen MR) is 130 cm³/mol. The lowest BCUT2D eigenvalue weighted by atomic mass is 10.1. The maximum atomic E-state index is 13.3. The highest BCUT2D eigenvalue weighted by Crippen LogP contribution is 2.30. The topological polar surface area (TPSA) is 89.8 Å². The third-order valence-corrected chi connectivity index (χ3v) is 5.45. The van der Waals surface area contributed by atoms with Gasteiger partial charge in [-0.25, -0.2) is 4.39 Å². The summed E-state index contributed by atoms with van der Waals surface area (Å²) in [5, 5.41) is 10.4. The van der Waals surface area contributed by atoms with Crippen LogP contribution >= 0.6 is 0 Å². The first-order valence-corrected chi connectivity index (χ1v) is 11.0. The molecule has 2 N–H and O–H groups in total. The number of aromatic nitrogens is 2. The van der Waals surface area contributed by atoms with Gasteiger partial charge in [-0.1, -0.05) is 6.07 Å². The number of aryl methyl sites for hydroxylation is 2. The van der Waals surface area contributed by atoms with E-state index >= 15 is 0 Å². The zero-order valence-electron chi connectivity index (χ0n) is 20.1. The van der Waals surface area contributed by atoms with E-state index in [0.29, 0.717) is 35.7 Å². The Morgan fingerprint density at radius 1 is 1.12 bits per heavy atom. The van der Waals surface area contributed by atoms with Crippen molar-refractivity contribution in [2.75, 3.05) is 26.1 Å². The highest BCUT2D eigenvalue weighted by Gasteiger charge is 2.18. The van der Waals surface area contributed by atoms with E-state index in [0.717, 1.165) is 23.5 Å². The second-order valence-electron chi connectivity index (χ2n) is 7.57. The Kier molecular flexibility index (Phi) is 8.24. The average molecular weight is 468 g/mol. The summed E-state index contributed by atoms with van der Waals surface area (Å²) in [5.41, 5.74) is 4.09. The Morgan fingerprint density at radius 2 is 1.85 bits per heavy atom. The van der Waals surface area contributed by atoms with E-state index in [-0.39, 0.29) is 11.8 Å². The third kappa shape index (κ3) is 5.72. The lowest BCUT2D eigenvalue weighted by Crippen LogP contribution is -2.36. The number of anilines is 1. The van der Waals surface area contributed by atoms with Gasteiger partial charge in [-0.15, -0.1) is 0 Å². The lowest BCUT2D eigenvalue weighted by molar-refractivity contribution is 0.0973. The molecule has 3 aromatic rings. The molecule has 1 aromatic heterocycles. The molecule has 0 aliphatic rings. The molecular formula is C25H30FN5O3. The maximum absolute atomic E-state index is 13.3. The molecule has 0 saturated carbocycles. The number of aliphatic imine (C=N–C) groups is 1. The number of rotatable bonds is 8. The van der Waals surface area contributed by atoms with Crippen molar-refractivity contribution in [3.05, 3.63) is 70.8 Å². The van der Waals surface area contributed by atoms with Gasteiger partial charge in [-0.05, 0) is 69.2 Å². The molecule has 180 valence electrons. The van der Waals surface area contributed by atoms with Crippen molar-refractivity contribution >= 4 is 17.6 Å². The summed E-state index contributed by atoms with van der Waals surface area (Å²) in [6.07, 6.45) is 0.657. The smallest absolute Gasteiger partial charge is 0.261 e. The molecule has 1 amide bonds. The number of amides is 1. The molecule has 0 fully saturated rings. The first-order valence-electron chi connectivity index (χ1n) is 11.0. The molecule has 8 nitrogen and oxygen atoms in total. The Bertz CT molecular complexity index is 1170. The van der Waals surface area contributed by atoms with Crippen molar-refractivity contribution in [3.63, 3.8) is 0 Å². The minimum absolute atomic E-state index is 0.236. The standard InChI is InChI=1S/C25H30FN5O3/c1-6-31-17(3)20(16(2)30-31)14-15-27-25(28-19-12-10-18(26)11-13-19)29-24(32)21-8-7-9-22(33-4)23(21)34-5/h7-13H,6,14-15H2,1-5H3,(H2,27,28,29,32). The van der Waals surface area contributed by atoms with Gasteiger partial charge in [0.15, 0.2) is 11.5 Å². The fourth-order valence-electron chi connectivity index (χ4n) is 3.70. The number of hydrogen-bond donors (Lipinski definition) is 2. The third-order valence-electron chi connectivity index (χ3n) is 5.45. The Balaban J connectivity index is 1.84. The van der Waals surface area contributed by atoms with Crippen LogP contribution in [0, 0.1) is 19.7 Å². The summed E-state index contributed by atoms with van der Waals surface area (Å²) in [6.45, 7) is 7.28. The summed E-state index contributed by atoms with van der Waals surface area (Å²) in [6, 6.07) is 10.9. The molecule has 0 radical (unpaired) electrons. The number of nitrogens with one attached hydrogen (secondary N) is 2. The Labute approximate surface area is 198 Å². The van der Waals surface area contributed by atoms with Crippen molar-refractivity contribution in [2.24, 2.45) is 4.99 Å². The van der Waals surface area contributed by atoms with Gasteiger partial charge in [-0.3, -0.25) is 19.8 Å². The van der Waals surface area contributed by atoms with Crippen LogP contribution in [0.1, 0.15) is 34.2 Å². The van der Waals surface area contributed by atoms with E-state index in [9.17, 15) is 9.18 Å². The normalized spacial score (nSPS) is 11.3. The van der Waals surface area contributed by atoms with E-state index in [1.54, 1.807) is 30.3 Å². The molecule has 34 heavy (non-hydrogen) atoms. The van der Waals surface area contributed by atoms with Gasteiger partial charge in [0.05, 0.1) is 25.5 Å². The first kappa shape index (κ1) is 24.8. The zero-order chi connectivity index (χ0) is 24.7. The molecule has 0 bridgehead atoms. The fourth-order valence-corrected chi connectivity index (χ4v) is 3.70. The maximum Gasteiger partial charge on any atom is 0.261 e. The molecule has 0 aliphatic heterocycles. The Hall–Kier alpha value is -3.88. The van der Waals surface area contributed by atoms with Crippen molar-refractivity contribution < 1.29 is 18.7 Å². The Morgan fingerprint density at radius 3 is 2.47 bits per heavy atom. The van der Waals surface area contributed by atoms with Crippen LogP contribution in [0.2, 0.25) is 0 Å². The van der Waals surface area contributed by atoms with E-state index in [1.807, 2.05) is 18.5 Å². The van der Waals surface area contributed by atoms with Gasteiger partial charge in [0, 0.05) is 24.5 Å². The van der Waals surface area contributed by atoms with Gasteiger partial charge in [-0.2, -0.15) is 5.10 Å². The molecule has 3 rings (SSSR count). The van der Waals surface area contributed by atoms with Crippen molar-refractivity contribution in [2.45, 2.75) is 33.7 Å². The van der Waals surface area contributed by atoms with Crippen LogP contribution in [0.5, 0.6) is 11.5 Å². The zero-order valence-corrected chi connectivity index (χ0v) is 20.1. The molecule has 0 spiro atoms. The van der Waals surface area contributed by atoms with Crippen LogP contribution in [0.25, 0.3) is 0 Å². The van der Waals surface area contributed by atoms with E-state index in [4.69, 9.17) is 9.47 Å². The highest BCUT2D eigenvalue weighted by atomic mass is 19.1. The number of hydrogen-bond acceptors (Lipinski definition) is 5. The van der Waals surface area contributed by atoms with Crippen LogP contribution in [0.4, 0.5) is 10.1 Å². The number of halogens is 1. The van der Waals surface area contributed by atoms with E-state index in [2.05, 4.69) is 27.6 Å². The van der Waals surface area contributed by atoms with Crippen LogP contribution in [0.15, 0.2) is 47.5 Å². The van der Waals surface area contributed by atoms with E-state index < -0.39 is 5.91 Å². The van der Waals surface area contributed by atoms with Crippen molar-refractivity contribution in [1.82, 2.24) is 15.1 Å². The van der Waals surface area contributed by atoms with Gasteiger partial charge in [0.25, 0.3) is 5.91 Å². The predicted octanol–water partition coefficient (Wildman–Crippen LogP) is 4.12. The number of methoxy groups -OCH3 is 2. The molecular weight excluding hydrogens is 437 g/mol. The number of carbonyl (C=O) groups excluding carboxylic acids is 1. The SMILES string of the molecule is CCn1nc(C)c(CCN=C(NC(=O)c2cccc(OC)c2OC)Nc2ccc(F)cc2)c1C. The van der Waals surface area contributed by atoms with Gasteiger partial charge < -0.3 is 14.8 Å². The van der Waals surface area contributed by atoms with E-state index in [1.165, 1.54) is 26.4 Å². The summed E-state index contributed by atoms with van der Waals surface area (Å²) in [5.74, 6) is 0.226. The number of carbonyl (C=O) groups is 1. The minimum Gasteiger partial charge on any atom is -0.493 e. The average Bonchev–Trinajstić information content (AvgIpc) is 3.12. The van der Waals surface area contributed by atoms with Gasteiger partial charge >= 0.3 is 0 Å². The molecule has 1 heterocycles. The molecule has 0 aliphatic carbocycles. The summed E-state index contributed by atoms with van der Waals surface area (Å²) < 4.78 is 26.0. The second-order valence-corrected chi connectivity index (χ2v) is 7.57. The lowest BCUT2D eigenvalue weighted by Gasteiger charge is -2.15. The minimum atomic E-state index is -0.421. The first-order chi connectivity index (χ1) is 16.4. The largest absolute Gasteiger partial charge is 0.493 e. The highest BCUT2D eigenvalue weighted by molar-refractivity contribution is 6.11. The molecule has 2 aromatic carbocycles. The van der Waals surface area contributed by atoms with Crippen LogP contribution in [-0.2, 0) is 13.0 Å². The fraction of sp³-hybridized carbons (Fsp3) is 0.320. The van der Waals surface area contributed by atoms with Crippen LogP contribution in [0.3, 0.4) is 0 Å². The summed E-state index contributed by atoms with van der Waals surface area (Å²) >= 11 is 0. The quantitative estimate of drug-likeness (QED) is 0.384. The van der Waals surface area contributed by atoms with Gasteiger partial charge in [0.2, 0.25) is 5.96 Å². The van der Waals surface area contributed by atoms with Crippen molar-refractivity contribution in [1.29, 1.82) is 0 Å². The number of guanidine groups is 1. The van der Waals surface area contributed by atoms with Crippen LogP contribution in [-0.4, -0.2) is 42.4 Å². The number of para-hydroxylation sites is 1. The summed E-state index contributed by atoms with van der Waals surface area (Å²) in [7, 11) is 2.98. The molecule has 0 atom stereocenters. The number of ether oxygens (including phenoxy) is 2. The molecule has 9 heteroatoms. The molecule has 0 saturated heterocycles. The number of benzene rings is 2.